The van der Waals surface area contributed by atoms with Crippen LogP contribution in [0.25, 0.3) is 55.3 Å². The fourth-order valence-electron chi connectivity index (χ4n) is 9.21. The first-order valence-corrected chi connectivity index (χ1v) is 18.7. The Kier molecular flexibility index (Phi) is 7.52. The van der Waals surface area contributed by atoms with Gasteiger partial charge in [0.25, 0.3) is 0 Å². The third-order valence-electron chi connectivity index (χ3n) is 11.4. The zero-order chi connectivity index (χ0) is 36.2. The zero-order valence-corrected chi connectivity index (χ0v) is 30.4. The molecule has 0 bridgehead atoms. The molecule has 8 aromatic carbocycles. The maximum absolute atomic E-state index is 4.37. The summed E-state index contributed by atoms with van der Waals surface area (Å²) < 4.78 is 0. The van der Waals surface area contributed by atoms with Gasteiger partial charge in [0.05, 0.1) is 11.1 Å². The maximum Gasteiger partial charge on any atom is 0.0731 e. The molecule has 0 radical (unpaired) electrons. The van der Waals surface area contributed by atoms with E-state index in [2.05, 4.69) is 205 Å². The standard InChI is InChI=1S/C52H38N2/c1-3-40(34-53-2)54(41-18-5-4-6-19-41)42-20-13-17-37(31-42)35-27-29-36(30-28-35)43-23-14-24-46-47-32-38-15-7-8-16-39(38)33-50(47)52(51(43)46)48-25-11-9-21-44(48)45-22-10-12-26-49(45)52/h3-34H,1-2H3/b40-3+,53-34?. The van der Waals surface area contributed by atoms with Crippen LogP contribution in [0.2, 0.25) is 0 Å². The van der Waals surface area contributed by atoms with Crippen molar-refractivity contribution in [1.29, 1.82) is 0 Å². The molecule has 0 amide bonds. The van der Waals surface area contributed by atoms with Crippen LogP contribution in [-0.2, 0) is 5.41 Å². The van der Waals surface area contributed by atoms with Crippen LogP contribution in [0, 0.1) is 0 Å². The van der Waals surface area contributed by atoms with Crippen LogP contribution in [-0.4, -0.2) is 13.3 Å². The first-order chi connectivity index (χ1) is 26.7. The first-order valence-electron chi connectivity index (χ1n) is 18.7. The van der Waals surface area contributed by atoms with Gasteiger partial charge in [-0.25, -0.2) is 0 Å². The number of para-hydroxylation sites is 1. The van der Waals surface area contributed by atoms with Crippen molar-refractivity contribution in [2.45, 2.75) is 12.3 Å². The number of benzene rings is 8. The predicted octanol–water partition coefficient (Wildman–Crippen LogP) is 13.3. The molecule has 2 aliphatic rings. The molecule has 1 spiro atoms. The lowest BCUT2D eigenvalue weighted by atomic mass is 9.68. The molecule has 54 heavy (non-hydrogen) atoms. The van der Waals surface area contributed by atoms with Gasteiger partial charge in [0.2, 0.25) is 0 Å². The molecule has 2 nitrogen and oxygen atoms in total. The van der Waals surface area contributed by atoms with Crippen molar-refractivity contribution in [1.82, 2.24) is 0 Å². The second kappa shape index (κ2) is 12.7. The molecule has 10 rings (SSSR count). The van der Waals surface area contributed by atoms with Crippen LogP contribution in [0.3, 0.4) is 0 Å². The van der Waals surface area contributed by atoms with Gasteiger partial charge in [-0.2, -0.15) is 0 Å². The van der Waals surface area contributed by atoms with Crippen LogP contribution in [0.1, 0.15) is 29.2 Å². The number of anilines is 2. The number of aliphatic imine (C=N–C) groups is 1. The highest BCUT2D eigenvalue weighted by molar-refractivity contribution is 6.02. The fourth-order valence-corrected chi connectivity index (χ4v) is 9.21. The monoisotopic (exact) mass is 690 g/mol. The fraction of sp³-hybridized carbons (Fsp3) is 0.0577. The van der Waals surface area contributed by atoms with Crippen molar-refractivity contribution >= 4 is 28.4 Å². The summed E-state index contributed by atoms with van der Waals surface area (Å²) in [5.74, 6) is 0. The maximum atomic E-state index is 4.37. The highest BCUT2D eigenvalue weighted by atomic mass is 15.2. The molecule has 0 aromatic heterocycles. The van der Waals surface area contributed by atoms with Crippen LogP contribution in [0.5, 0.6) is 0 Å². The Morgan fingerprint density at radius 3 is 1.74 bits per heavy atom. The van der Waals surface area contributed by atoms with E-state index in [4.69, 9.17) is 0 Å². The average molecular weight is 691 g/mol. The van der Waals surface area contributed by atoms with Gasteiger partial charge in [-0.05, 0) is 121 Å². The lowest BCUT2D eigenvalue weighted by Crippen LogP contribution is -2.26. The van der Waals surface area contributed by atoms with Gasteiger partial charge in [-0.1, -0.05) is 152 Å². The van der Waals surface area contributed by atoms with Crippen molar-refractivity contribution in [2.24, 2.45) is 4.99 Å². The summed E-state index contributed by atoms with van der Waals surface area (Å²) in [6.45, 7) is 2.06. The van der Waals surface area contributed by atoms with E-state index in [1.165, 1.54) is 72.0 Å². The Balaban J connectivity index is 1.14. The van der Waals surface area contributed by atoms with E-state index in [9.17, 15) is 0 Å². The summed E-state index contributed by atoms with van der Waals surface area (Å²) in [7, 11) is 1.82. The summed E-state index contributed by atoms with van der Waals surface area (Å²) in [4.78, 5) is 6.63. The van der Waals surface area contributed by atoms with Crippen molar-refractivity contribution < 1.29 is 0 Å². The lowest BCUT2D eigenvalue weighted by molar-refractivity contribution is 0.797. The number of hydrogen-bond donors (Lipinski definition) is 0. The van der Waals surface area contributed by atoms with Crippen molar-refractivity contribution in [3.05, 3.63) is 216 Å². The Morgan fingerprint density at radius 2 is 1.04 bits per heavy atom. The van der Waals surface area contributed by atoms with Gasteiger partial charge in [-0.3, -0.25) is 4.99 Å². The molecular weight excluding hydrogens is 653 g/mol. The lowest BCUT2D eigenvalue weighted by Gasteiger charge is -2.32. The van der Waals surface area contributed by atoms with Crippen LogP contribution >= 0.6 is 0 Å². The molecule has 2 heteroatoms. The van der Waals surface area contributed by atoms with Gasteiger partial charge in [0.15, 0.2) is 0 Å². The van der Waals surface area contributed by atoms with Crippen LogP contribution in [0.4, 0.5) is 11.4 Å². The molecule has 0 unspecified atom stereocenters. The third kappa shape index (κ3) is 4.70. The van der Waals surface area contributed by atoms with E-state index in [1.54, 1.807) is 0 Å². The Morgan fingerprint density at radius 1 is 0.463 bits per heavy atom. The highest BCUT2D eigenvalue weighted by Gasteiger charge is 2.52. The van der Waals surface area contributed by atoms with Gasteiger partial charge < -0.3 is 4.90 Å². The molecule has 0 saturated heterocycles. The molecule has 0 heterocycles. The SMILES string of the molecule is C/C=C(\C=NC)N(c1ccccc1)c1cccc(-c2ccc(-c3cccc4c3C3(c5ccccc5-c5ccccc53)c3cc5ccccc5cc3-4)cc2)c1. The minimum Gasteiger partial charge on any atom is -0.309 e. The minimum atomic E-state index is -0.432. The molecule has 256 valence electrons. The average Bonchev–Trinajstić information content (AvgIpc) is 3.70. The van der Waals surface area contributed by atoms with Gasteiger partial charge >= 0.3 is 0 Å². The topological polar surface area (TPSA) is 15.6 Å². The Labute approximate surface area is 317 Å². The number of rotatable bonds is 6. The van der Waals surface area contributed by atoms with Crippen molar-refractivity contribution in [3.63, 3.8) is 0 Å². The van der Waals surface area contributed by atoms with Gasteiger partial charge in [0.1, 0.15) is 0 Å². The Bertz CT molecular complexity index is 2740. The normalized spacial score (nSPS) is 13.6. The van der Waals surface area contributed by atoms with Crippen molar-refractivity contribution in [2.75, 3.05) is 11.9 Å². The van der Waals surface area contributed by atoms with E-state index in [1.807, 2.05) is 13.3 Å². The Hall–Kier alpha value is -6.77. The second-order valence-corrected chi connectivity index (χ2v) is 14.2. The largest absolute Gasteiger partial charge is 0.309 e. The van der Waals surface area contributed by atoms with Gasteiger partial charge in [0, 0.05) is 24.6 Å². The minimum absolute atomic E-state index is 0.432. The number of fused-ring (bicyclic) bond motifs is 11. The zero-order valence-electron chi connectivity index (χ0n) is 30.4. The van der Waals surface area contributed by atoms with E-state index < -0.39 is 5.41 Å². The van der Waals surface area contributed by atoms with Gasteiger partial charge in [-0.15, -0.1) is 0 Å². The molecule has 0 atom stereocenters. The third-order valence-corrected chi connectivity index (χ3v) is 11.4. The van der Waals surface area contributed by atoms with E-state index in [0.29, 0.717) is 0 Å². The smallest absolute Gasteiger partial charge is 0.0731 e. The number of hydrogen-bond acceptors (Lipinski definition) is 2. The summed E-state index contributed by atoms with van der Waals surface area (Å²) in [5.41, 5.74) is 18.3. The molecule has 2 aliphatic carbocycles. The summed E-state index contributed by atoms with van der Waals surface area (Å²) in [6, 6.07) is 67.2. The van der Waals surface area contributed by atoms with E-state index >= 15 is 0 Å². The molecule has 0 saturated carbocycles. The predicted molar refractivity (Wildman–Crippen MR) is 228 cm³/mol. The van der Waals surface area contributed by atoms with E-state index in [0.717, 1.165) is 22.6 Å². The number of nitrogens with zero attached hydrogens (tertiary/aromatic N) is 2. The number of allylic oxidation sites excluding steroid dienone is 2. The molecule has 0 N–H and O–H groups in total. The molecule has 0 fully saturated rings. The van der Waals surface area contributed by atoms with Crippen molar-refractivity contribution in [3.8, 4) is 44.5 Å². The quantitative estimate of drug-likeness (QED) is 0.159. The molecule has 8 aromatic rings. The summed E-state index contributed by atoms with van der Waals surface area (Å²) in [6.07, 6.45) is 4.02. The van der Waals surface area contributed by atoms with E-state index in [-0.39, 0.29) is 0 Å². The second-order valence-electron chi connectivity index (χ2n) is 14.2. The van der Waals surface area contributed by atoms with Crippen LogP contribution in [0.15, 0.2) is 199 Å². The summed E-state index contributed by atoms with van der Waals surface area (Å²) >= 11 is 0. The molecular formula is C52H38N2. The van der Waals surface area contributed by atoms with Crippen LogP contribution < -0.4 is 4.90 Å². The molecule has 0 aliphatic heterocycles. The first kappa shape index (κ1) is 31.9. The highest BCUT2D eigenvalue weighted by Crippen LogP contribution is 2.64. The summed E-state index contributed by atoms with van der Waals surface area (Å²) in [5, 5.41) is 2.54.